The van der Waals surface area contributed by atoms with Gasteiger partial charge in [0.25, 0.3) is 0 Å². The van der Waals surface area contributed by atoms with Gasteiger partial charge in [-0.2, -0.15) is 0 Å². The zero-order valence-electron chi connectivity index (χ0n) is 18.2. The summed E-state index contributed by atoms with van der Waals surface area (Å²) in [4.78, 5) is 18.5. The van der Waals surface area contributed by atoms with Crippen LogP contribution in [-0.4, -0.2) is 15.5 Å². The van der Waals surface area contributed by atoms with Gasteiger partial charge in [-0.15, -0.1) is 11.3 Å². The van der Waals surface area contributed by atoms with Crippen LogP contribution in [-0.2, 0) is 17.9 Å². The van der Waals surface area contributed by atoms with Gasteiger partial charge in [-0.25, -0.2) is 0 Å². The fourth-order valence-corrected chi connectivity index (χ4v) is 5.11. The summed E-state index contributed by atoms with van der Waals surface area (Å²) >= 11 is 1.70. The van der Waals surface area contributed by atoms with Crippen LogP contribution < -0.4 is 5.32 Å². The Hall–Kier alpha value is -3.70. The fraction of sp³-hybridized carbons (Fsp3) is 0.143. The number of hydrogen-bond acceptors (Lipinski definition) is 3. The number of hydrogen-bond donors (Lipinski definition) is 1. The first kappa shape index (κ1) is 21.2. The van der Waals surface area contributed by atoms with Gasteiger partial charge in [0.1, 0.15) is 0 Å². The number of fused-ring (bicyclic) bond motifs is 1. The van der Waals surface area contributed by atoms with Crippen LogP contribution in [0.25, 0.3) is 10.9 Å². The standard InChI is InChI=1S/C28H25N3OS/c32-28(30-18-22-11-6-7-15-29-22)17-24(27-14-8-16-33-27)25-20-31(19-21-9-2-1-3-10-21)26-13-5-4-12-23(25)26/h1-16,20,24H,17-19H2,(H,30,32). The molecule has 0 spiro atoms. The summed E-state index contributed by atoms with van der Waals surface area (Å²) in [5, 5.41) is 6.33. The summed E-state index contributed by atoms with van der Waals surface area (Å²) < 4.78 is 2.30. The maximum atomic E-state index is 13.0. The maximum absolute atomic E-state index is 13.0. The number of nitrogens with one attached hydrogen (secondary N) is 1. The van der Waals surface area contributed by atoms with E-state index in [9.17, 15) is 4.79 Å². The molecule has 0 aliphatic heterocycles. The molecule has 3 aromatic heterocycles. The quantitative estimate of drug-likeness (QED) is 0.315. The largest absolute Gasteiger partial charge is 0.350 e. The van der Waals surface area contributed by atoms with Gasteiger partial charge >= 0.3 is 0 Å². The first-order valence-electron chi connectivity index (χ1n) is 11.1. The summed E-state index contributed by atoms with van der Waals surface area (Å²) in [7, 11) is 0. The number of rotatable bonds is 8. The first-order valence-corrected chi connectivity index (χ1v) is 12.0. The fourth-order valence-electron chi connectivity index (χ4n) is 4.27. The zero-order chi connectivity index (χ0) is 22.5. The third-order valence-electron chi connectivity index (χ3n) is 5.86. The number of para-hydroxylation sites is 1. The molecule has 0 saturated heterocycles. The third-order valence-corrected chi connectivity index (χ3v) is 6.85. The Kier molecular flexibility index (Phi) is 6.31. The van der Waals surface area contributed by atoms with Crippen LogP contribution in [0.5, 0.6) is 0 Å². The normalized spacial score (nSPS) is 12.0. The molecular formula is C28H25N3OS. The molecule has 5 heteroatoms. The van der Waals surface area contributed by atoms with Crippen LogP contribution in [0.2, 0.25) is 0 Å². The lowest BCUT2D eigenvalue weighted by Crippen LogP contribution is -2.25. The molecule has 33 heavy (non-hydrogen) atoms. The molecular weight excluding hydrogens is 426 g/mol. The Morgan fingerprint density at radius 2 is 1.76 bits per heavy atom. The van der Waals surface area contributed by atoms with E-state index in [1.165, 1.54) is 26.9 Å². The first-order chi connectivity index (χ1) is 16.3. The highest BCUT2D eigenvalue weighted by atomic mass is 32.1. The molecule has 1 amide bonds. The lowest BCUT2D eigenvalue weighted by molar-refractivity contribution is -0.121. The summed E-state index contributed by atoms with van der Waals surface area (Å²) in [6.45, 7) is 1.23. The SMILES string of the molecule is O=C(CC(c1cccs1)c1cn(Cc2ccccc2)c2ccccc12)NCc1ccccn1. The number of nitrogens with zero attached hydrogens (tertiary/aromatic N) is 2. The Balaban J connectivity index is 1.45. The lowest BCUT2D eigenvalue weighted by atomic mass is 9.93. The minimum atomic E-state index is -0.00402. The summed E-state index contributed by atoms with van der Waals surface area (Å²) in [5.41, 5.74) is 4.49. The average molecular weight is 452 g/mol. The van der Waals surface area contributed by atoms with Crippen molar-refractivity contribution in [1.82, 2.24) is 14.9 Å². The number of carbonyl (C=O) groups is 1. The van der Waals surface area contributed by atoms with Gasteiger partial charge in [-0.1, -0.05) is 60.7 Å². The van der Waals surface area contributed by atoms with E-state index in [-0.39, 0.29) is 11.8 Å². The van der Waals surface area contributed by atoms with Crippen LogP contribution in [0, 0.1) is 0 Å². The van der Waals surface area contributed by atoms with Crippen LogP contribution in [0.1, 0.15) is 34.0 Å². The van der Waals surface area contributed by atoms with Gasteiger partial charge in [0.2, 0.25) is 5.91 Å². The molecule has 0 saturated carbocycles. The third kappa shape index (κ3) is 4.89. The molecule has 5 aromatic rings. The van der Waals surface area contributed by atoms with Crippen LogP contribution >= 0.6 is 11.3 Å². The van der Waals surface area contributed by atoms with E-state index in [1.807, 2.05) is 24.3 Å². The second-order valence-corrected chi connectivity index (χ2v) is 9.06. The predicted octanol–water partition coefficient (Wildman–Crippen LogP) is 5.98. The van der Waals surface area contributed by atoms with Gasteiger partial charge in [0.05, 0.1) is 12.2 Å². The molecule has 2 aromatic carbocycles. The van der Waals surface area contributed by atoms with Gasteiger partial charge in [0.15, 0.2) is 0 Å². The molecule has 4 nitrogen and oxygen atoms in total. The predicted molar refractivity (Wildman–Crippen MR) is 134 cm³/mol. The van der Waals surface area contributed by atoms with Crippen molar-refractivity contribution in [3.8, 4) is 0 Å². The van der Waals surface area contributed by atoms with Crippen molar-refractivity contribution in [1.29, 1.82) is 0 Å². The van der Waals surface area contributed by atoms with E-state index < -0.39 is 0 Å². The molecule has 0 radical (unpaired) electrons. The lowest BCUT2D eigenvalue weighted by Gasteiger charge is -2.15. The van der Waals surface area contributed by atoms with Crippen LogP contribution in [0.3, 0.4) is 0 Å². The molecule has 0 fully saturated rings. The second kappa shape index (κ2) is 9.84. The van der Waals surface area contributed by atoms with Crippen molar-refractivity contribution in [2.24, 2.45) is 0 Å². The maximum Gasteiger partial charge on any atom is 0.221 e. The van der Waals surface area contributed by atoms with E-state index in [0.717, 1.165) is 12.2 Å². The van der Waals surface area contributed by atoms with Crippen molar-refractivity contribution in [2.75, 3.05) is 0 Å². The van der Waals surface area contributed by atoms with E-state index in [4.69, 9.17) is 0 Å². The molecule has 1 N–H and O–H groups in total. The highest BCUT2D eigenvalue weighted by Gasteiger charge is 2.23. The number of carbonyl (C=O) groups excluding carboxylic acids is 1. The Morgan fingerprint density at radius 1 is 0.939 bits per heavy atom. The van der Waals surface area contributed by atoms with Gasteiger partial charge in [0, 0.05) is 47.1 Å². The van der Waals surface area contributed by atoms with E-state index in [2.05, 4.69) is 87.1 Å². The Bertz CT molecular complexity index is 1330. The molecule has 1 unspecified atom stereocenters. The van der Waals surface area contributed by atoms with Gasteiger partial charge < -0.3 is 9.88 Å². The van der Waals surface area contributed by atoms with E-state index in [1.54, 1.807) is 17.5 Å². The molecule has 3 heterocycles. The number of aromatic nitrogens is 2. The van der Waals surface area contributed by atoms with Crippen molar-refractivity contribution in [3.05, 3.63) is 124 Å². The van der Waals surface area contributed by atoms with Crippen LogP contribution in [0.15, 0.2) is 103 Å². The Labute approximate surface area is 197 Å². The van der Waals surface area contributed by atoms with Crippen molar-refractivity contribution < 1.29 is 4.79 Å². The van der Waals surface area contributed by atoms with Crippen molar-refractivity contribution in [2.45, 2.75) is 25.4 Å². The minimum Gasteiger partial charge on any atom is -0.350 e. The summed E-state index contributed by atoms with van der Waals surface area (Å²) in [6, 6.07) is 28.9. The Morgan fingerprint density at radius 3 is 2.55 bits per heavy atom. The van der Waals surface area contributed by atoms with Gasteiger partial charge in [-0.3, -0.25) is 9.78 Å². The molecule has 0 aliphatic carbocycles. The number of amides is 1. The smallest absolute Gasteiger partial charge is 0.221 e. The summed E-state index contributed by atoms with van der Waals surface area (Å²) in [5.74, 6) is 0.0228. The van der Waals surface area contributed by atoms with Crippen molar-refractivity contribution >= 4 is 28.1 Å². The molecule has 164 valence electrons. The van der Waals surface area contributed by atoms with Crippen molar-refractivity contribution in [3.63, 3.8) is 0 Å². The van der Waals surface area contributed by atoms with Crippen LogP contribution in [0.4, 0.5) is 0 Å². The number of pyridine rings is 1. The molecule has 1 atom stereocenters. The second-order valence-electron chi connectivity index (χ2n) is 8.09. The van der Waals surface area contributed by atoms with E-state index >= 15 is 0 Å². The average Bonchev–Trinajstić information content (AvgIpc) is 3.52. The topological polar surface area (TPSA) is 46.9 Å². The molecule has 0 bridgehead atoms. The number of thiophene rings is 1. The molecule has 5 rings (SSSR count). The number of benzene rings is 2. The highest BCUT2D eigenvalue weighted by molar-refractivity contribution is 7.10. The summed E-state index contributed by atoms with van der Waals surface area (Å²) in [6.07, 6.45) is 4.37. The highest BCUT2D eigenvalue weighted by Crippen LogP contribution is 2.37. The monoisotopic (exact) mass is 451 g/mol. The van der Waals surface area contributed by atoms with E-state index in [0.29, 0.717) is 13.0 Å². The zero-order valence-corrected chi connectivity index (χ0v) is 19.0. The minimum absolute atomic E-state index is 0.00402. The molecule has 0 aliphatic rings. The van der Waals surface area contributed by atoms with Gasteiger partial charge in [-0.05, 0) is 40.8 Å².